The van der Waals surface area contributed by atoms with Gasteiger partial charge in [-0.2, -0.15) is 0 Å². The van der Waals surface area contributed by atoms with Crippen LogP contribution in [-0.2, 0) is 4.74 Å². The van der Waals surface area contributed by atoms with Crippen LogP contribution in [0.25, 0.3) is 0 Å². The summed E-state index contributed by atoms with van der Waals surface area (Å²) in [6.07, 6.45) is 5.33. The molecule has 0 aromatic heterocycles. The Morgan fingerprint density at radius 2 is 2.00 bits per heavy atom. The van der Waals surface area contributed by atoms with Crippen LogP contribution < -0.4 is 0 Å². The summed E-state index contributed by atoms with van der Waals surface area (Å²) in [5.74, 6) is 1.45. The van der Waals surface area contributed by atoms with Gasteiger partial charge < -0.3 is 9.84 Å². The van der Waals surface area contributed by atoms with E-state index in [-0.39, 0.29) is 12.2 Å². The van der Waals surface area contributed by atoms with E-state index in [0.717, 1.165) is 18.8 Å². The molecule has 2 aliphatic heterocycles. The summed E-state index contributed by atoms with van der Waals surface area (Å²) < 4.78 is 5.69. The van der Waals surface area contributed by atoms with Crippen molar-refractivity contribution in [3.63, 3.8) is 0 Å². The third kappa shape index (κ3) is 0.798. The van der Waals surface area contributed by atoms with Crippen molar-refractivity contribution in [1.29, 1.82) is 0 Å². The summed E-state index contributed by atoms with van der Waals surface area (Å²) >= 11 is 0. The lowest BCUT2D eigenvalue weighted by Gasteiger charge is -2.52. The quantitative estimate of drug-likeness (QED) is 0.562. The average Bonchev–Trinajstić information content (AvgIpc) is 1.98. The van der Waals surface area contributed by atoms with E-state index in [4.69, 9.17) is 4.74 Å². The fraction of sp³-hybridized carbons (Fsp3) is 1.00. The Morgan fingerprint density at radius 3 is 2.73 bits per heavy atom. The Morgan fingerprint density at radius 1 is 1.09 bits per heavy atom. The molecular weight excluding hydrogens is 140 g/mol. The van der Waals surface area contributed by atoms with E-state index in [1.807, 2.05) is 0 Å². The molecular formula is C9H14O2. The highest BCUT2D eigenvalue weighted by Crippen LogP contribution is 2.47. The van der Waals surface area contributed by atoms with Gasteiger partial charge in [0.15, 0.2) is 0 Å². The summed E-state index contributed by atoms with van der Waals surface area (Å²) in [6.45, 7) is 0. The van der Waals surface area contributed by atoms with Crippen molar-refractivity contribution in [1.82, 2.24) is 0 Å². The van der Waals surface area contributed by atoms with Crippen molar-refractivity contribution < 1.29 is 9.84 Å². The van der Waals surface area contributed by atoms with Crippen molar-refractivity contribution in [3.8, 4) is 0 Å². The molecule has 0 aromatic rings. The summed E-state index contributed by atoms with van der Waals surface area (Å²) in [4.78, 5) is 0. The molecule has 2 heteroatoms. The minimum atomic E-state index is -0.136. The molecule has 4 rings (SSSR count). The van der Waals surface area contributed by atoms with Crippen molar-refractivity contribution in [2.75, 3.05) is 0 Å². The number of ether oxygens (including phenoxy) is 1. The van der Waals surface area contributed by atoms with Crippen molar-refractivity contribution in [2.45, 2.75) is 44.0 Å². The standard InChI is InChI=1S/C9H14O2/c10-9-6-1-5-2-7(4-6)11-8(9)3-5/h5-10H,1-4H2/t5-,6+,7-,8+,9-/m0/s1. The van der Waals surface area contributed by atoms with E-state index < -0.39 is 0 Å². The number of hydrogen-bond acceptors (Lipinski definition) is 2. The second-order valence-corrected chi connectivity index (χ2v) is 4.36. The SMILES string of the molecule is O[C@H]1[C@@H]2C[C@H]3C[C@@H](C2)O[C@@H]1C3. The first-order valence-corrected chi connectivity index (χ1v) is 4.66. The number of aliphatic hydroxyl groups excluding tert-OH is 1. The number of hydrogen-bond donors (Lipinski definition) is 1. The third-order valence-electron chi connectivity index (χ3n) is 3.59. The van der Waals surface area contributed by atoms with E-state index in [0.29, 0.717) is 12.0 Å². The molecule has 0 unspecified atom stereocenters. The zero-order valence-corrected chi connectivity index (χ0v) is 6.57. The predicted molar refractivity (Wildman–Crippen MR) is 40.1 cm³/mol. The molecule has 1 N–H and O–H groups in total. The van der Waals surface area contributed by atoms with E-state index in [1.54, 1.807) is 0 Å². The van der Waals surface area contributed by atoms with E-state index in [2.05, 4.69) is 0 Å². The lowest BCUT2D eigenvalue weighted by molar-refractivity contribution is -0.212. The lowest BCUT2D eigenvalue weighted by Crippen LogP contribution is -2.54. The first kappa shape index (κ1) is 6.44. The maximum absolute atomic E-state index is 9.70. The Hall–Kier alpha value is -0.0800. The van der Waals surface area contributed by atoms with Crippen LogP contribution in [0, 0.1) is 11.8 Å². The minimum absolute atomic E-state index is 0.136. The largest absolute Gasteiger partial charge is 0.390 e. The maximum Gasteiger partial charge on any atom is 0.0843 e. The summed E-state index contributed by atoms with van der Waals surface area (Å²) in [5, 5.41) is 9.70. The molecule has 4 aliphatic rings. The van der Waals surface area contributed by atoms with Crippen LogP contribution in [0.3, 0.4) is 0 Å². The van der Waals surface area contributed by atoms with Gasteiger partial charge in [0.1, 0.15) is 0 Å². The second-order valence-electron chi connectivity index (χ2n) is 4.36. The molecule has 0 spiro atoms. The van der Waals surface area contributed by atoms with Crippen LogP contribution in [0.15, 0.2) is 0 Å². The van der Waals surface area contributed by atoms with Gasteiger partial charge in [-0.25, -0.2) is 0 Å². The number of aliphatic hydroxyl groups is 1. The highest BCUT2D eigenvalue weighted by molar-refractivity contribution is 4.98. The lowest BCUT2D eigenvalue weighted by atomic mass is 9.66. The molecule has 5 atom stereocenters. The molecule has 4 bridgehead atoms. The Bertz CT molecular complexity index is 150. The third-order valence-corrected chi connectivity index (χ3v) is 3.59. The Balaban J connectivity index is 1.91. The van der Waals surface area contributed by atoms with Crippen molar-refractivity contribution >= 4 is 0 Å². The fourth-order valence-corrected chi connectivity index (χ4v) is 3.16. The van der Waals surface area contributed by atoms with Gasteiger partial charge in [-0.3, -0.25) is 0 Å². The van der Waals surface area contributed by atoms with Crippen LogP contribution >= 0.6 is 0 Å². The molecule has 0 amide bonds. The van der Waals surface area contributed by atoms with Crippen LogP contribution in [0.2, 0.25) is 0 Å². The zero-order chi connectivity index (χ0) is 7.42. The number of rotatable bonds is 0. The molecule has 0 radical (unpaired) electrons. The summed E-state index contributed by atoms with van der Waals surface area (Å²) in [7, 11) is 0. The molecule has 11 heavy (non-hydrogen) atoms. The molecule has 2 heterocycles. The fourth-order valence-electron chi connectivity index (χ4n) is 3.16. The van der Waals surface area contributed by atoms with Gasteiger partial charge >= 0.3 is 0 Å². The van der Waals surface area contributed by atoms with Crippen LogP contribution in [0.4, 0.5) is 0 Å². The van der Waals surface area contributed by atoms with Gasteiger partial charge in [0.05, 0.1) is 18.3 Å². The first-order chi connectivity index (χ1) is 5.33. The Labute approximate surface area is 66.5 Å². The summed E-state index contributed by atoms with van der Waals surface area (Å²) in [6, 6.07) is 0. The molecule has 0 aromatic carbocycles. The van der Waals surface area contributed by atoms with Gasteiger partial charge in [0.2, 0.25) is 0 Å². The molecule has 4 fully saturated rings. The first-order valence-electron chi connectivity index (χ1n) is 4.66. The topological polar surface area (TPSA) is 29.5 Å². The highest BCUT2D eigenvalue weighted by Gasteiger charge is 2.48. The smallest absolute Gasteiger partial charge is 0.0843 e. The van der Waals surface area contributed by atoms with Crippen LogP contribution in [-0.4, -0.2) is 23.4 Å². The minimum Gasteiger partial charge on any atom is -0.390 e. The molecule has 2 aliphatic carbocycles. The van der Waals surface area contributed by atoms with Crippen molar-refractivity contribution in [2.24, 2.45) is 11.8 Å². The monoisotopic (exact) mass is 154 g/mol. The van der Waals surface area contributed by atoms with Crippen molar-refractivity contribution in [3.05, 3.63) is 0 Å². The van der Waals surface area contributed by atoms with E-state index in [9.17, 15) is 5.11 Å². The second kappa shape index (κ2) is 1.99. The van der Waals surface area contributed by atoms with Gasteiger partial charge in [-0.05, 0) is 37.5 Å². The average molecular weight is 154 g/mol. The molecule has 2 saturated carbocycles. The normalized spacial score (nSPS) is 60.3. The van der Waals surface area contributed by atoms with E-state index >= 15 is 0 Å². The zero-order valence-electron chi connectivity index (χ0n) is 6.57. The van der Waals surface area contributed by atoms with Crippen LogP contribution in [0.1, 0.15) is 25.7 Å². The van der Waals surface area contributed by atoms with Crippen LogP contribution in [0.5, 0.6) is 0 Å². The molecule has 2 saturated heterocycles. The molecule has 62 valence electrons. The van der Waals surface area contributed by atoms with Gasteiger partial charge in [-0.1, -0.05) is 0 Å². The predicted octanol–water partition coefficient (Wildman–Crippen LogP) is 0.935. The molecule has 2 nitrogen and oxygen atoms in total. The van der Waals surface area contributed by atoms with Gasteiger partial charge in [-0.15, -0.1) is 0 Å². The van der Waals surface area contributed by atoms with Gasteiger partial charge in [0, 0.05) is 0 Å². The maximum atomic E-state index is 9.70. The highest BCUT2D eigenvalue weighted by atomic mass is 16.5. The Kier molecular flexibility index (Phi) is 1.16. The summed E-state index contributed by atoms with van der Waals surface area (Å²) in [5.41, 5.74) is 0. The van der Waals surface area contributed by atoms with Gasteiger partial charge in [0.25, 0.3) is 0 Å². The van der Waals surface area contributed by atoms with E-state index in [1.165, 1.54) is 12.8 Å².